The minimum atomic E-state index is -0.378. The SMILES string of the molecule is CCc1nnc(NC(=O)C(C)Sc2nnc(C(C)Oc3ccc(C(C)C)cc3)n2CC(C)C)s1. The number of benzene rings is 1. The number of carbonyl (C=O) groups is 1. The lowest BCUT2D eigenvalue weighted by atomic mass is 10.0. The first-order valence-electron chi connectivity index (χ1n) is 11.7. The molecule has 0 bridgehead atoms. The van der Waals surface area contributed by atoms with Gasteiger partial charge in [0.2, 0.25) is 11.0 Å². The van der Waals surface area contributed by atoms with Gasteiger partial charge in [-0.3, -0.25) is 10.1 Å². The molecule has 0 spiro atoms. The van der Waals surface area contributed by atoms with E-state index >= 15 is 0 Å². The molecule has 2 aromatic heterocycles. The van der Waals surface area contributed by atoms with Gasteiger partial charge >= 0.3 is 0 Å². The van der Waals surface area contributed by atoms with Gasteiger partial charge < -0.3 is 9.30 Å². The molecule has 1 aromatic carbocycles. The largest absolute Gasteiger partial charge is 0.483 e. The quantitative estimate of drug-likeness (QED) is 0.335. The number of thioether (sulfide) groups is 1. The molecule has 0 saturated heterocycles. The van der Waals surface area contributed by atoms with Gasteiger partial charge in [0.15, 0.2) is 17.1 Å². The summed E-state index contributed by atoms with van der Waals surface area (Å²) >= 11 is 2.77. The van der Waals surface area contributed by atoms with E-state index in [4.69, 9.17) is 4.74 Å². The van der Waals surface area contributed by atoms with Gasteiger partial charge in [0.25, 0.3) is 0 Å². The van der Waals surface area contributed by atoms with Crippen molar-refractivity contribution in [3.8, 4) is 5.75 Å². The summed E-state index contributed by atoms with van der Waals surface area (Å²) in [5.74, 6) is 2.25. The van der Waals surface area contributed by atoms with Crippen molar-refractivity contribution in [1.82, 2.24) is 25.0 Å². The fourth-order valence-electron chi connectivity index (χ4n) is 3.28. The van der Waals surface area contributed by atoms with E-state index in [2.05, 4.69) is 70.1 Å². The van der Waals surface area contributed by atoms with Crippen LogP contribution >= 0.6 is 23.1 Å². The predicted molar refractivity (Wildman–Crippen MR) is 138 cm³/mol. The lowest BCUT2D eigenvalue weighted by Gasteiger charge is -2.19. The normalized spacial score (nSPS) is 13.3. The second kappa shape index (κ2) is 11.8. The standard InChI is InChI=1S/C24H34N6O2S2/c1-8-20-26-28-23(34-20)25-22(31)17(7)33-24-29-27-21(30(24)13-14(2)3)16(6)32-19-11-9-18(10-12-19)15(4)5/h9-12,14-17H,8,13H2,1-7H3,(H,25,28,31). The smallest absolute Gasteiger partial charge is 0.239 e. The van der Waals surface area contributed by atoms with E-state index in [0.29, 0.717) is 22.1 Å². The minimum Gasteiger partial charge on any atom is -0.483 e. The first kappa shape index (κ1) is 26.2. The molecule has 10 heteroatoms. The molecular formula is C24H34N6O2S2. The van der Waals surface area contributed by atoms with Crippen molar-refractivity contribution < 1.29 is 9.53 Å². The van der Waals surface area contributed by atoms with Crippen LogP contribution in [0.3, 0.4) is 0 Å². The molecule has 34 heavy (non-hydrogen) atoms. The van der Waals surface area contributed by atoms with Crippen molar-refractivity contribution >= 4 is 34.1 Å². The third-order valence-corrected chi connectivity index (χ3v) is 7.23. The lowest BCUT2D eigenvalue weighted by Crippen LogP contribution is -2.23. The molecular weight excluding hydrogens is 468 g/mol. The minimum absolute atomic E-state index is 0.140. The molecule has 1 amide bonds. The van der Waals surface area contributed by atoms with E-state index < -0.39 is 0 Å². The van der Waals surface area contributed by atoms with Gasteiger partial charge in [-0.05, 0) is 49.8 Å². The highest BCUT2D eigenvalue weighted by atomic mass is 32.2. The second-order valence-electron chi connectivity index (χ2n) is 8.93. The number of aromatic nitrogens is 5. The Labute approximate surface area is 209 Å². The molecule has 8 nitrogen and oxygen atoms in total. The molecule has 184 valence electrons. The van der Waals surface area contributed by atoms with Crippen LogP contribution in [0.4, 0.5) is 5.13 Å². The summed E-state index contributed by atoms with van der Waals surface area (Å²) in [6.07, 6.45) is 0.504. The zero-order valence-corrected chi connectivity index (χ0v) is 22.5. The van der Waals surface area contributed by atoms with Crippen molar-refractivity contribution in [2.24, 2.45) is 5.92 Å². The molecule has 0 aliphatic carbocycles. The Hall–Kier alpha value is -2.46. The van der Waals surface area contributed by atoms with Crippen LogP contribution in [0.15, 0.2) is 29.4 Å². The number of nitrogens with one attached hydrogen (secondary N) is 1. The Balaban J connectivity index is 1.72. The Kier molecular flexibility index (Phi) is 9.07. The van der Waals surface area contributed by atoms with Gasteiger partial charge in [0.05, 0.1) is 5.25 Å². The van der Waals surface area contributed by atoms with Crippen molar-refractivity contribution in [3.05, 3.63) is 40.7 Å². The number of anilines is 1. The molecule has 3 aromatic rings. The van der Waals surface area contributed by atoms with Gasteiger partial charge in [-0.25, -0.2) is 0 Å². The fraction of sp³-hybridized carbons (Fsp3) is 0.542. The zero-order valence-electron chi connectivity index (χ0n) is 20.9. The van der Waals surface area contributed by atoms with Crippen molar-refractivity contribution in [2.75, 3.05) is 5.32 Å². The van der Waals surface area contributed by atoms with E-state index in [0.717, 1.165) is 29.5 Å². The number of hydrogen-bond acceptors (Lipinski definition) is 8. The number of aryl methyl sites for hydroxylation is 1. The number of hydrogen-bond donors (Lipinski definition) is 1. The highest BCUT2D eigenvalue weighted by Gasteiger charge is 2.24. The first-order chi connectivity index (χ1) is 16.2. The number of rotatable bonds is 11. The molecule has 2 atom stereocenters. The van der Waals surface area contributed by atoms with E-state index in [1.807, 2.05) is 32.9 Å². The average molecular weight is 503 g/mol. The Morgan fingerprint density at radius 1 is 1.06 bits per heavy atom. The third-order valence-electron chi connectivity index (χ3n) is 5.17. The maximum Gasteiger partial charge on any atom is 0.239 e. The lowest BCUT2D eigenvalue weighted by molar-refractivity contribution is -0.115. The van der Waals surface area contributed by atoms with E-state index in [-0.39, 0.29) is 17.3 Å². The second-order valence-corrected chi connectivity index (χ2v) is 11.3. The van der Waals surface area contributed by atoms with Crippen molar-refractivity contribution in [1.29, 1.82) is 0 Å². The van der Waals surface area contributed by atoms with Gasteiger partial charge in [0, 0.05) is 6.54 Å². The number of nitrogens with zero attached hydrogens (tertiary/aromatic N) is 5. The number of amides is 1. The third kappa shape index (κ3) is 6.79. The molecule has 0 aliphatic rings. The van der Waals surface area contributed by atoms with Crippen LogP contribution in [0.1, 0.15) is 76.9 Å². The van der Waals surface area contributed by atoms with Crippen LogP contribution in [0.25, 0.3) is 0 Å². The molecule has 1 N–H and O–H groups in total. The highest BCUT2D eigenvalue weighted by Crippen LogP contribution is 2.29. The average Bonchev–Trinajstić information content (AvgIpc) is 3.40. The summed E-state index contributed by atoms with van der Waals surface area (Å²) < 4.78 is 8.25. The maximum absolute atomic E-state index is 12.7. The highest BCUT2D eigenvalue weighted by molar-refractivity contribution is 8.00. The zero-order chi connectivity index (χ0) is 24.8. The van der Waals surface area contributed by atoms with Gasteiger partial charge in [-0.2, -0.15) is 0 Å². The van der Waals surface area contributed by atoms with Gasteiger partial charge in [-0.1, -0.05) is 69.9 Å². The fourth-order valence-corrected chi connectivity index (χ4v) is 4.83. The van der Waals surface area contributed by atoms with Crippen LogP contribution in [-0.4, -0.2) is 36.1 Å². The summed E-state index contributed by atoms with van der Waals surface area (Å²) in [6, 6.07) is 8.17. The van der Waals surface area contributed by atoms with Crippen LogP contribution in [0.5, 0.6) is 5.75 Å². The summed E-state index contributed by atoms with van der Waals surface area (Å²) in [4.78, 5) is 12.7. The topological polar surface area (TPSA) is 94.8 Å². The van der Waals surface area contributed by atoms with Crippen LogP contribution in [-0.2, 0) is 17.8 Å². The van der Waals surface area contributed by atoms with Crippen molar-refractivity contribution in [2.45, 2.75) is 83.9 Å². The predicted octanol–water partition coefficient (Wildman–Crippen LogP) is 5.73. The molecule has 0 aliphatic heterocycles. The molecule has 2 unspecified atom stereocenters. The Bertz CT molecular complexity index is 1080. The van der Waals surface area contributed by atoms with Crippen LogP contribution < -0.4 is 10.1 Å². The molecule has 3 rings (SSSR count). The first-order valence-corrected chi connectivity index (χ1v) is 13.4. The van der Waals surface area contributed by atoms with E-state index in [9.17, 15) is 4.79 Å². The van der Waals surface area contributed by atoms with Gasteiger partial charge in [-0.15, -0.1) is 20.4 Å². The van der Waals surface area contributed by atoms with Crippen molar-refractivity contribution in [3.63, 3.8) is 0 Å². The summed E-state index contributed by atoms with van der Waals surface area (Å²) in [5.41, 5.74) is 1.27. The number of carbonyl (C=O) groups excluding carboxylic acids is 1. The maximum atomic E-state index is 12.7. The Morgan fingerprint density at radius 2 is 1.76 bits per heavy atom. The van der Waals surface area contributed by atoms with Crippen LogP contribution in [0.2, 0.25) is 0 Å². The molecule has 0 fully saturated rings. The van der Waals surface area contributed by atoms with E-state index in [1.165, 1.54) is 28.7 Å². The molecule has 2 heterocycles. The van der Waals surface area contributed by atoms with E-state index in [1.54, 1.807) is 0 Å². The summed E-state index contributed by atoms with van der Waals surface area (Å²) in [6.45, 7) is 15.2. The monoisotopic (exact) mass is 502 g/mol. The Morgan fingerprint density at radius 3 is 2.35 bits per heavy atom. The number of ether oxygens (including phenoxy) is 1. The van der Waals surface area contributed by atoms with Gasteiger partial charge in [0.1, 0.15) is 10.8 Å². The van der Waals surface area contributed by atoms with Crippen LogP contribution in [0, 0.1) is 5.92 Å². The molecule has 0 radical (unpaired) electrons. The summed E-state index contributed by atoms with van der Waals surface area (Å²) in [7, 11) is 0. The molecule has 0 saturated carbocycles. The summed E-state index contributed by atoms with van der Waals surface area (Å²) in [5, 5.41) is 21.5.